The Balaban J connectivity index is 2.09. The molecule has 1 aromatic heterocycles. The van der Waals surface area contributed by atoms with Crippen molar-refractivity contribution in [3.63, 3.8) is 0 Å². The van der Waals surface area contributed by atoms with Crippen LogP contribution in [0.25, 0.3) is 0 Å². The topological polar surface area (TPSA) is 16.1 Å². The zero-order valence-electron chi connectivity index (χ0n) is 15.4. The van der Waals surface area contributed by atoms with Crippen LogP contribution in [-0.2, 0) is 10.8 Å². The third kappa shape index (κ3) is 4.34. The zero-order valence-corrected chi connectivity index (χ0v) is 15.4. The van der Waals surface area contributed by atoms with Gasteiger partial charge in [0.15, 0.2) is 0 Å². The number of nitrogens with zero attached hydrogens (tertiary/aromatic N) is 2. The summed E-state index contributed by atoms with van der Waals surface area (Å²) in [7, 11) is 4.16. The molecule has 0 amide bonds. The van der Waals surface area contributed by atoms with E-state index in [2.05, 4.69) is 88.1 Å². The fourth-order valence-electron chi connectivity index (χ4n) is 2.93. The fourth-order valence-corrected chi connectivity index (χ4v) is 2.93. The summed E-state index contributed by atoms with van der Waals surface area (Å²) in [5, 5.41) is 0. The Morgan fingerprint density at radius 2 is 1.17 bits per heavy atom. The summed E-state index contributed by atoms with van der Waals surface area (Å²) in [6.07, 6.45) is 6.09. The molecule has 0 saturated heterocycles. The van der Waals surface area contributed by atoms with Crippen LogP contribution in [-0.4, -0.2) is 19.1 Å². The normalized spacial score (nSPS) is 12.3. The molecule has 0 spiro atoms. The number of rotatable bonds is 6. The van der Waals surface area contributed by atoms with Crippen molar-refractivity contribution in [1.82, 2.24) is 4.98 Å². The molecule has 0 unspecified atom stereocenters. The van der Waals surface area contributed by atoms with Gasteiger partial charge in [-0.05, 0) is 59.1 Å². The van der Waals surface area contributed by atoms with Gasteiger partial charge in [-0.25, -0.2) is 0 Å². The average Bonchev–Trinajstić information content (AvgIpc) is 2.54. The lowest BCUT2D eigenvalue weighted by molar-refractivity contribution is 0.374. The van der Waals surface area contributed by atoms with Crippen molar-refractivity contribution in [1.29, 1.82) is 0 Å². The molecule has 0 N–H and O–H groups in total. The van der Waals surface area contributed by atoms with E-state index in [9.17, 15) is 0 Å². The summed E-state index contributed by atoms with van der Waals surface area (Å²) in [6, 6.07) is 13.2. The molecular formula is C21H30N2. The van der Waals surface area contributed by atoms with Crippen LogP contribution in [0, 0.1) is 0 Å². The highest BCUT2D eigenvalue weighted by Gasteiger charge is 2.27. The lowest BCUT2D eigenvalue weighted by atomic mass is 9.73. The molecule has 2 heteroatoms. The maximum atomic E-state index is 4.13. The monoisotopic (exact) mass is 310 g/mol. The first-order valence-corrected chi connectivity index (χ1v) is 8.41. The number of aromatic nitrogens is 1. The summed E-state index contributed by atoms with van der Waals surface area (Å²) >= 11 is 0. The summed E-state index contributed by atoms with van der Waals surface area (Å²) in [5.41, 5.74) is 4.38. The maximum Gasteiger partial charge on any atom is 0.0361 e. The van der Waals surface area contributed by atoms with E-state index in [1.54, 1.807) is 0 Å². The molecule has 2 aromatic rings. The summed E-state index contributed by atoms with van der Waals surface area (Å²) in [6.45, 7) is 9.35. The molecule has 0 aliphatic carbocycles. The molecule has 23 heavy (non-hydrogen) atoms. The van der Waals surface area contributed by atoms with E-state index in [-0.39, 0.29) is 10.8 Å². The van der Waals surface area contributed by atoms with E-state index in [1.165, 1.54) is 16.8 Å². The molecule has 1 heterocycles. The Morgan fingerprint density at radius 1 is 0.739 bits per heavy atom. The highest BCUT2D eigenvalue weighted by molar-refractivity contribution is 5.47. The van der Waals surface area contributed by atoms with E-state index in [0.717, 1.165) is 12.8 Å². The van der Waals surface area contributed by atoms with Crippen LogP contribution in [0.5, 0.6) is 0 Å². The van der Waals surface area contributed by atoms with Gasteiger partial charge in [-0.1, -0.05) is 39.8 Å². The van der Waals surface area contributed by atoms with Crippen molar-refractivity contribution in [2.75, 3.05) is 19.0 Å². The second kappa shape index (κ2) is 6.74. The van der Waals surface area contributed by atoms with E-state index < -0.39 is 0 Å². The molecule has 2 rings (SSSR count). The molecule has 0 aliphatic rings. The smallest absolute Gasteiger partial charge is 0.0361 e. The molecule has 0 saturated carbocycles. The van der Waals surface area contributed by atoms with Gasteiger partial charge in [0.25, 0.3) is 0 Å². The van der Waals surface area contributed by atoms with Crippen LogP contribution in [0.1, 0.15) is 51.7 Å². The Kier molecular flexibility index (Phi) is 5.13. The maximum absolute atomic E-state index is 4.13. The third-order valence-electron chi connectivity index (χ3n) is 5.00. The Hall–Kier alpha value is -1.83. The van der Waals surface area contributed by atoms with Crippen molar-refractivity contribution in [2.45, 2.75) is 51.4 Å². The van der Waals surface area contributed by atoms with Crippen molar-refractivity contribution in [3.05, 3.63) is 59.9 Å². The minimum absolute atomic E-state index is 0.170. The minimum Gasteiger partial charge on any atom is -0.378 e. The lowest BCUT2D eigenvalue weighted by Crippen LogP contribution is -2.24. The second-order valence-corrected chi connectivity index (χ2v) is 7.94. The molecule has 0 aliphatic heterocycles. The first-order valence-electron chi connectivity index (χ1n) is 8.41. The van der Waals surface area contributed by atoms with Gasteiger partial charge in [0.2, 0.25) is 0 Å². The van der Waals surface area contributed by atoms with Gasteiger partial charge in [-0.3, -0.25) is 4.98 Å². The second-order valence-electron chi connectivity index (χ2n) is 7.94. The first-order chi connectivity index (χ1) is 10.7. The molecule has 1 aromatic carbocycles. The van der Waals surface area contributed by atoms with Gasteiger partial charge >= 0.3 is 0 Å². The summed E-state index contributed by atoms with van der Waals surface area (Å²) in [4.78, 5) is 6.28. The number of hydrogen-bond acceptors (Lipinski definition) is 2. The van der Waals surface area contributed by atoms with Crippen LogP contribution in [0.4, 0.5) is 5.69 Å². The Morgan fingerprint density at radius 3 is 1.61 bits per heavy atom. The highest BCUT2D eigenvalue weighted by atomic mass is 15.1. The summed E-state index contributed by atoms with van der Waals surface area (Å²) < 4.78 is 0. The van der Waals surface area contributed by atoms with Crippen LogP contribution in [0.3, 0.4) is 0 Å². The molecule has 0 atom stereocenters. The predicted molar refractivity (Wildman–Crippen MR) is 100 cm³/mol. The molecule has 0 bridgehead atoms. The number of hydrogen-bond donors (Lipinski definition) is 0. The van der Waals surface area contributed by atoms with Gasteiger partial charge in [-0.15, -0.1) is 0 Å². The Bertz CT molecular complexity index is 610. The predicted octanol–water partition coefficient (Wildman–Crippen LogP) is 5.18. The third-order valence-corrected chi connectivity index (χ3v) is 5.00. The van der Waals surface area contributed by atoms with Crippen LogP contribution in [0.15, 0.2) is 48.8 Å². The number of anilines is 1. The van der Waals surface area contributed by atoms with Gasteiger partial charge in [0, 0.05) is 32.2 Å². The molecular weight excluding hydrogens is 280 g/mol. The standard InChI is InChI=1S/C21H30N2/c1-20(2,17-7-9-19(10-8-17)23(5)6)13-14-21(3,4)18-11-15-22-16-12-18/h7-12,15-16H,13-14H2,1-6H3. The van der Waals surface area contributed by atoms with Crippen LogP contribution < -0.4 is 4.90 Å². The lowest BCUT2D eigenvalue weighted by Gasteiger charge is -2.32. The van der Waals surface area contributed by atoms with Crippen LogP contribution >= 0.6 is 0 Å². The minimum atomic E-state index is 0.170. The van der Waals surface area contributed by atoms with Crippen molar-refractivity contribution in [2.24, 2.45) is 0 Å². The molecule has 0 radical (unpaired) electrons. The molecule has 0 fully saturated rings. The van der Waals surface area contributed by atoms with E-state index >= 15 is 0 Å². The van der Waals surface area contributed by atoms with Crippen LogP contribution in [0.2, 0.25) is 0 Å². The van der Waals surface area contributed by atoms with Gasteiger partial charge in [0.1, 0.15) is 0 Å². The number of pyridine rings is 1. The Labute approximate surface area is 141 Å². The molecule has 124 valence electrons. The first kappa shape index (κ1) is 17.5. The number of benzene rings is 1. The SMILES string of the molecule is CN(C)c1ccc(C(C)(C)CCC(C)(C)c2ccncc2)cc1. The van der Waals surface area contributed by atoms with Crippen molar-refractivity contribution < 1.29 is 0 Å². The van der Waals surface area contributed by atoms with E-state index in [1.807, 2.05) is 12.4 Å². The zero-order chi connectivity index (χ0) is 17.1. The van der Waals surface area contributed by atoms with E-state index in [0.29, 0.717) is 0 Å². The van der Waals surface area contributed by atoms with Gasteiger partial charge in [-0.2, -0.15) is 0 Å². The van der Waals surface area contributed by atoms with Gasteiger partial charge < -0.3 is 4.90 Å². The fraction of sp³-hybridized carbons (Fsp3) is 0.476. The van der Waals surface area contributed by atoms with Gasteiger partial charge in [0.05, 0.1) is 0 Å². The van der Waals surface area contributed by atoms with Crippen molar-refractivity contribution >= 4 is 5.69 Å². The van der Waals surface area contributed by atoms with Crippen molar-refractivity contribution in [3.8, 4) is 0 Å². The quantitative estimate of drug-likeness (QED) is 0.730. The average molecular weight is 310 g/mol. The highest BCUT2D eigenvalue weighted by Crippen LogP contribution is 2.36. The molecule has 2 nitrogen and oxygen atoms in total. The summed E-state index contributed by atoms with van der Waals surface area (Å²) in [5.74, 6) is 0. The largest absolute Gasteiger partial charge is 0.378 e. The van der Waals surface area contributed by atoms with E-state index in [4.69, 9.17) is 0 Å².